The molecule has 1 N–H and O–H groups in total. The van der Waals surface area contributed by atoms with Crippen LogP contribution < -0.4 is 4.74 Å². The molecule has 0 aliphatic heterocycles. The minimum absolute atomic E-state index is 0.175. The molecule has 0 radical (unpaired) electrons. The minimum Gasteiger partial charge on any atom is -0.493 e. The molecule has 0 aromatic carbocycles. The zero-order valence-corrected chi connectivity index (χ0v) is 13.4. The third-order valence-electron chi connectivity index (χ3n) is 4.43. The SMILES string of the molecule is CCOC(C1CCCCC1)C(O)c1c(OC)cnn1CC. The van der Waals surface area contributed by atoms with E-state index in [0.717, 1.165) is 18.5 Å². The van der Waals surface area contributed by atoms with Crippen LogP contribution in [0.5, 0.6) is 5.75 Å². The van der Waals surface area contributed by atoms with E-state index in [1.54, 1.807) is 18.0 Å². The molecule has 1 aromatic heterocycles. The normalized spacial score (nSPS) is 19.4. The van der Waals surface area contributed by atoms with Crippen molar-refractivity contribution in [3.63, 3.8) is 0 Å². The van der Waals surface area contributed by atoms with Crippen molar-refractivity contribution >= 4 is 0 Å². The van der Waals surface area contributed by atoms with Gasteiger partial charge in [-0.15, -0.1) is 0 Å². The maximum atomic E-state index is 10.9. The highest BCUT2D eigenvalue weighted by molar-refractivity contribution is 5.28. The maximum absolute atomic E-state index is 10.9. The molecule has 5 nitrogen and oxygen atoms in total. The fourth-order valence-electron chi connectivity index (χ4n) is 3.38. The number of hydrogen-bond donors (Lipinski definition) is 1. The minimum atomic E-state index is -0.689. The summed E-state index contributed by atoms with van der Waals surface area (Å²) in [6.45, 7) is 5.32. The summed E-state index contributed by atoms with van der Waals surface area (Å²) in [6.07, 6.45) is 6.81. The van der Waals surface area contributed by atoms with Crippen molar-refractivity contribution in [2.24, 2.45) is 5.92 Å². The fourth-order valence-corrected chi connectivity index (χ4v) is 3.38. The number of aryl methyl sites for hydroxylation is 1. The van der Waals surface area contributed by atoms with Gasteiger partial charge in [-0.2, -0.15) is 5.10 Å². The first-order valence-corrected chi connectivity index (χ1v) is 8.12. The van der Waals surface area contributed by atoms with Gasteiger partial charge in [-0.25, -0.2) is 0 Å². The summed E-state index contributed by atoms with van der Waals surface area (Å²) in [6, 6.07) is 0. The Labute approximate surface area is 127 Å². The number of aliphatic hydroxyl groups is 1. The molecule has 1 aliphatic rings. The average molecular weight is 296 g/mol. The lowest BCUT2D eigenvalue weighted by Crippen LogP contribution is -2.33. The van der Waals surface area contributed by atoms with E-state index in [1.165, 1.54) is 19.3 Å². The quantitative estimate of drug-likeness (QED) is 0.840. The van der Waals surface area contributed by atoms with Crippen LogP contribution in [0.3, 0.4) is 0 Å². The average Bonchev–Trinajstić information content (AvgIpc) is 2.95. The van der Waals surface area contributed by atoms with Gasteiger partial charge in [0.15, 0.2) is 5.75 Å². The lowest BCUT2D eigenvalue weighted by atomic mass is 9.82. The van der Waals surface area contributed by atoms with Gasteiger partial charge < -0.3 is 14.6 Å². The molecule has 21 heavy (non-hydrogen) atoms. The number of methoxy groups -OCH3 is 1. The summed E-state index contributed by atoms with van der Waals surface area (Å²) in [5.74, 6) is 1.06. The summed E-state index contributed by atoms with van der Waals surface area (Å²) in [7, 11) is 1.61. The van der Waals surface area contributed by atoms with Gasteiger partial charge in [-0.1, -0.05) is 19.3 Å². The third-order valence-corrected chi connectivity index (χ3v) is 4.43. The zero-order valence-electron chi connectivity index (χ0n) is 13.4. The van der Waals surface area contributed by atoms with Crippen LogP contribution in [0.2, 0.25) is 0 Å². The maximum Gasteiger partial charge on any atom is 0.162 e. The predicted octanol–water partition coefficient (Wildman–Crippen LogP) is 2.93. The second kappa shape index (κ2) is 7.80. The molecule has 0 spiro atoms. The lowest BCUT2D eigenvalue weighted by molar-refractivity contribution is -0.0773. The van der Waals surface area contributed by atoms with Crippen molar-refractivity contribution in [3.05, 3.63) is 11.9 Å². The van der Waals surface area contributed by atoms with E-state index < -0.39 is 6.10 Å². The van der Waals surface area contributed by atoms with Gasteiger partial charge in [0.25, 0.3) is 0 Å². The molecule has 2 atom stereocenters. The Kier molecular flexibility index (Phi) is 6.06. The fraction of sp³-hybridized carbons (Fsp3) is 0.812. The van der Waals surface area contributed by atoms with Gasteiger partial charge >= 0.3 is 0 Å². The number of rotatable bonds is 7. The van der Waals surface area contributed by atoms with Crippen LogP contribution in [0.15, 0.2) is 6.20 Å². The summed E-state index contributed by atoms with van der Waals surface area (Å²) in [5, 5.41) is 15.2. The van der Waals surface area contributed by atoms with Crippen LogP contribution in [0.4, 0.5) is 0 Å². The lowest BCUT2D eigenvalue weighted by Gasteiger charge is -2.33. The number of ether oxygens (including phenoxy) is 2. The van der Waals surface area contributed by atoms with Gasteiger partial charge in [-0.05, 0) is 32.6 Å². The van der Waals surface area contributed by atoms with Gasteiger partial charge in [0.2, 0.25) is 0 Å². The number of aromatic nitrogens is 2. The Balaban J connectivity index is 2.24. The molecule has 1 heterocycles. The van der Waals surface area contributed by atoms with Crippen molar-refractivity contribution in [1.82, 2.24) is 9.78 Å². The first kappa shape index (κ1) is 16.3. The number of aliphatic hydroxyl groups excluding tert-OH is 1. The second-order valence-corrected chi connectivity index (χ2v) is 5.68. The van der Waals surface area contributed by atoms with Crippen molar-refractivity contribution < 1.29 is 14.6 Å². The van der Waals surface area contributed by atoms with Crippen LogP contribution in [-0.2, 0) is 11.3 Å². The summed E-state index contributed by atoms with van der Waals surface area (Å²) in [4.78, 5) is 0. The molecule has 2 unspecified atom stereocenters. The molecule has 2 rings (SSSR count). The summed E-state index contributed by atoms with van der Waals surface area (Å²) in [5.41, 5.74) is 0.740. The van der Waals surface area contributed by atoms with E-state index in [9.17, 15) is 5.11 Å². The second-order valence-electron chi connectivity index (χ2n) is 5.68. The van der Waals surface area contributed by atoms with Crippen molar-refractivity contribution in [3.8, 4) is 5.75 Å². The molecule has 1 aliphatic carbocycles. The van der Waals surface area contributed by atoms with Crippen molar-refractivity contribution in [2.75, 3.05) is 13.7 Å². The largest absolute Gasteiger partial charge is 0.493 e. The summed E-state index contributed by atoms with van der Waals surface area (Å²) >= 11 is 0. The van der Waals surface area contributed by atoms with E-state index >= 15 is 0 Å². The monoisotopic (exact) mass is 296 g/mol. The van der Waals surface area contributed by atoms with Crippen LogP contribution in [0, 0.1) is 5.92 Å². The van der Waals surface area contributed by atoms with Crippen LogP contribution in [0.25, 0.3) is 0 Å². The van der Waals surface area contributed by atoms with Crippen LogP contribution in [0.1, 0.15) is 57.7 Å². The van der Waals surface area contributed by atoms with E-state index in [-0.39, 0.29) is 6.10 Å². The number of hydrogen-bond acceptors (Lipinski definition) is 4. The molecular weight excluding hydrogens is 268 g/mol. The molecule has 0 saturated heterocycles. The van der Waals surface area contributed by atoms with E-state index in [2.05, 4.69) is 5.10 Å². The molecule has 120 valence electrons. The van der Waals surface area contributed by atoms with E-state index in [1.807, 2.05) is 13.8 Å². The van der Waals surface area contributed by atoms with Gasteiger partial charge in [0.05, 0.1) is 19.4 Å². The Morgan fingerprint density at radius 2 is 2.05 bits per heavy atom. The molecule has 0 amide bonds. The zero-order chi connectivity index (χ0) is 15.2. The van der Waals surface area contributed by atoms with E-state index in [4.69, 9.17) is 9.47 Å². The first-order valence-electron chi connectivity index (χ1n) is 8.12. The predicted molar refractivity (Wildman–Crippen MR) is 81.4 cm³/mol. The Morgan fingerprint density at radius 3 is 2.62 bits per heavy atom. The smallest absolute Gasteiger partial charge is 0.162 e. The molecule has 1 saturated carbocycles. The summed E-state index contributed by atoms with van der Waals surface area (Å²) < 4.78 is 13.1. The molecule has 5 heteroatoms. The topological polar surface area (TPSA) is 56.5 Å². The Hall–Kier alpha value is -1.07. The van der Waals surface area contributed by atoms with Gasteiger partial charge in [0.1, 0.15) is 11.8 Å². The van der Waals surface area contributed by atoms with Crippen LogP contribution >= 0.6 is 0 Å². The third kappa shape index (κ3) is 3.58. The standard InChI is InChI=1S/C16H28N2O3/c1-4-18-14(13(20-3)11-17-18)15(19)16(21-5-2)12-9-7-6-8-10-12/h11-12,15-16,19H,4-10H2,1-3H3. The Morgan fingerprint density at radius 1 is 1.33 bits per heavy atom. The van der Waals surface area contributed by atoms with Gasteiger partial charge in [0, 0.05) is 13.2 Å². The molecule has 0 bridgehead atoms. The number of nitrogens with zero attached hydrogens (tertiary/aromatic N) is 2. The van der Waals surface area contributed by atoms with Gasteiger partial charge in [-0.3, -0.25) is 4.68 Å². The highest BCUT2D eigenvalue weighted by Crippen LogP contribution is 2.37. The molecule has 1 aromatic rings. The molecular formula is C16H28N2O3. The molecule has 1 fully saturated rings. The highest BCUT2D eigenvalue weighted by atomic mass is 16.5. The first-order chi connectivity index (χ1) is 10.2. The van der Waals surface area contributed by atoms with E-state index in [0.29, 0.717) is 24.8 Å². The Bertz CT molecular complexity index is 406. The highest BCUT2D eigenvalue weighted by Gasteiger charge is 2.34. The van der Waals surface area contributed by atoms with Crippen molar-refractivity contribution in [1.29, 1.82) is 0 Å². The van der Waals surface area contributed by atoms with Crippen LogP contribution in [-0.4, -0.2) is 34.7 Å². The van der Waals surface area contributed by atoms with Crippen molar-refractivity contribution in [2.45, 2.75) is 64.7 Å².